The molecule has 0 heterocycles. The van der Waals surface area contributed by atoms with Crippen molar-refractivity contribution >= 4 is 16.7 Å². The van der Waals surface area contributed by atoms with E-state index >= 15 is 0 Å². The highest BCUT2D eigenvalue weighted by Crippen LogP contribution is 2.28. The summed E-state index contributed by atoms with van der Waals surface area (Å²) in [6.45, 7) is 6.90. The van der Waals surface area contributed by atoms with Crippen LogP contribution in [0.1, 0.15) is 12.0 Å². The highest BCUT2D eigenvalue weighted by molar-refractivity contribution is 7.38. The predicted molar refractivity (Wildman–Crippen MR) is 85.5 cm³/mol. The summed E-state index contributed by atoms with van der Waals surface area (Å²) >= 11 is 0. The predicted octanol–water partition coefficient (Wildman–Crippen LogP) is 4.53. The van der Waals surface area contributed by atoms with Crippen LogP contribution in [-0.4, -0.2) is 20.4 Å². The zero-order chi connectivity index (χ0) is 13.4. The Kier molecular flexibility index (Phi) is 6.61. The Morgan fingerprint density at radius 3 is 2.44 bits per heavy atom. The molecule has 3 heteroatoms. The lowest BCUT2D eigenvalue weighted by molar-refractivity contribution is 0.928. The molecule has 0 spiro atoms. The second kappa shape index (κ2) is 7.72. The number of nitrogens with zero attached hydrogens (tertiary/aromatic N) is 1. The number of aryl methyl sites for hydroxylation is 1. The van der Waals surface area contributed by atoms with Gasteiger partial charge in [0.2, 0.25) is 0 Å². The van der Waals surface area contributed by atoms with Crippen molar-refractivity contribution in [2.45, 2.75) is 38.0 Å². The maximum Gasteiger partial charge on any atom is 0.0644 e. The molecule has 0 aliphatic rings. The van der Waals surface area contributed by atoms with E-state index < -0.39 is 8.07 Å². The highest BCUT2D eigenvalue weighted by atomic mass is 31.1. The Bertz CT molecular complexity index is 378. The Morgan fingerprint density at radius 2 is 1.89 bits per heavy atom. The molecule has 0 aliphatic carbocycles. The monoisotopic (exact) mass is 277 g/mol. The van der Waals surface area contributed by atoms with E-state index in [0.717, 1.165) is 14.7 Å². The molecule has 18 heavy (non-hydrogen) atoms. The lowest BCUT2D eigenvalue weighted by Crippen LogP contribution is -2.28. The topological polar surface area (TPSA) is 23.8 Å². The maximum atomic E-state index is 9.19. The minimum absolute atomic E-state index is 0.340. The van der Waals surface area contributed by atoms with Gasteiger partial charge in [-0.25, -0.2) is 0 Å². The van der Waals surface area contributed by atoms with E-state index in [1.807, 2.05) is 0 Å². The van der Waals surface area contributed by atoms with Gasteiger partial charge in [-0.1, -0.05) is 50.0 Å². The van der Waals surface area contributed by atoms with Gasteiger partial charge in [0.15, 0.2) is 0 Å². The number of hydrogen-bond donors (Lipinski definition) is 0. The molecule has 1 nitrogen and oxygen atoms in total. The van der Waals surface area contributed by atoms with Gasteiger partial charge in [-0.05, 0) is 30.7 Å². The van der Waals surface area contributed by atoms with Crippen LogP contribution in [0.3, 0.4) is 0 Å². The molecule has 1 aromatic carbocycles. The molecular weight excluding hydrogens is 253 g/mol. The van der Waals surface area contributed by atoms with Crippen molar-refractivity contribution in [3.63, 3.8) is 0 Å². The second-order valence-corrected chi connectivity index (χ2v) is 12.7. The van der Waals surface area contributed by atoms with Crippen molar-refractivity contribution in [3.8, 4) is 6.07 Å². The minimum atomic E-state index is -1.26. The Labute approximate surface area is 114 Å². The SMILES string of the molecule is C[Si](C)(C)C(C#N)CPCCCc1ccccc1. The van der Waals surface area contributed by atoms with Crippen LogP contribution in [0.15, 0.2) is 30.3 Å². The fraction of sp³-hybridized carbons (Fsp3) is 0.533. The molecule has 0 aromatic heterocycles. The molecule has 2 unspecified atom stereocenters. The first-order valence-electron chi connectivity index (χ1n) is 6.68. The van der Waals surface area contributed by atoms with Gasteiger partial charge in [-0.15, -0.1) is 8.58 Å². The molecular formula is C15H24NPSi. The highest BCUT2D eigenvalue weighted by Gasteiger charge is 2.25. The van der Waals surface area contributed by atoms with Crippen molar-refractivity contribution < 1.29 is 0 Å². The Balaban J connectivity index is 2.18. The summed E-state index contributed by atoms with van der Waals surface area (Å²) in [5.41, 5.74) is 1.77. The largest absolute Gasteiger partial charge is 0.198 e. The lowest BCUT2D eigenvalue weighted by atomic mass is 10.1. The summed E-state index contributed by atoms with van der Waals surface area (Å²) in [5, 5.41) is 9.19. The number of hydrogen-bond acceptors (Lipinski definition) is 1. The lowest BCUT2D eigenvalue weighted by Gasteiger charge is -2.22. The summed E-state index contributed by atoms with van der Waals surface area (Å²) < 4.78 is 0. The van der Waals surface area contributed by atoms with Crippen LogP contribution in [-0.2, 0) is 6.42 Å². The molecule has 0 bridgehead atoms. The second-order valence-electron chi connectivity index (χ2n) is 5.84. The van der Waals surface area contributed by atoms with E-state index in [-0.39, 0.29) is 0 Å². The van der Waals surface area contributed by atoms with E-state index in [0.29, 0.717) is 5.54 Å². The third-order valence-corrected chi connectivity index (χ3v) is 7.45. The molecule has 0 saturated heterocycles. The van der Waals surface area contributed by atoms with E-state index in [4.69, 9.17) is 0 Å². The fourth-order valence-corrected chi connectivity index (χ4v) is 6.13. The van der Waals surface area contributed by atoms with Crippen molar-refractivity contribution in [2.75, 3.05) is 12.3 Å². The average molecular weight is 277 g/mol. The summed E-state index contributed by atoms with van der Waals surface area (Å²) in [5.74, 6) is 0. The molecule has 0 N–H and O–H groups in total. The summed E-state index contributed by atoms with van der Waals surface area (Å²) in [6, 6.07) is 13.2. The minimum Gasteiger partial charge on any atom is -0.198 e. The smallest absolute Gasteiger partial charge is 0.0644 e. The van der Waals surface area contributed by atoms with Crippen LogP contribution < -0.4 is 0 Å². The van der Waals surface area contributed by atoms with Gasteiger partial charge in [0.05, 0.1) is 14.1 Å². The third kappa shape index (κ3) is 5.80. The number of nitriles is 1. The first kappa shape index (κ1) is 15.4. The van der Waals surface area contributed by atoms with Gasteiger partial charge in [0.1, 0.15) is 0 Å². The molecule has 0 aliphatic heterocycles. The normalized spacial score (nSPS) is 13.7. The number of rotatable bonds is 7. The Hall–Kier alpha value is -0.643. The summed E-state index contributed by atoms with van der Waals surface area (Å²) in [7, 11) is -0.308. The van der Waals surface area contributed by atoms with Crippen molar-refractivity contribution in [1.29, 1.82) is 5.26 Å². The van der Waals surface area contributed by atoms with Crippen LogP contribution in [0.4, 0.5) is 0 Å². The van der Waals surface area contributed by atoms with E-state index in [1.54, 1.807) is 0 Å². The fourth-order valence-electron chi connectivity index (χ4n) is 1.85. The maximum absolute atomic E-state index is 9.19. The first-order chi connectivity index (χ1) is 8.54. The van der Waals surface area contributed by atoms with Gasteiger partial charge in [0.25, 0.3) is 0 Å². The number of benzene rings is 1. The molecule has 0 radical (unpaired) electrons. The third-order valence-electron chi connectivity index (χ3n) is 3.21. The molecule has 98 valence electrons. The van der Waals surface area contributed by atoms with E-state index in [9.17, 15) is 5.26 Å². The van der Waals surface area contributed by atoms with Gasteiger partial charge in [-0.2, -0.15) is 5.26 Å². The molecule has 1 rings (SSSR count). The van der Waals surface area contributed by atoms with Gasteiger partial charge >= 0.3 is 0 Å². The molecule has 2 atom stereocenters. The molecule has 1 aromatic rings. The first-order valence-corrected chi connectivity index (χ1v) is 11.7. The quantitative estimate of drug-likeness (QED) is 0.408. The van der Waals surface area contributed by atoms with Crippen LogP contribution >= 0.6 is 8.58 Å². The van der Waals surface area contributed by atoms with Crippen LogP contribution in [0.5, 0.6) is 0 Å². The van der Waals surface area contributed by atoms with Crippen LogP contribution in [0, 0.1) is 11.3 Å². The van der Waals surface area contributed by atoms with Gasteiger partial charge in [-0.3, -0.25) is 0 Å². The molecule has 0 fully saturated rings. The zero-order valence-corrected chi connectivity index (χ0v) is 13.7. The van der Waals surface area contributed by atoms with Gasteiger partial charge < -0.3 is 0 Å². The Morgan fingerprint density at radius 1 is 1.22 bits per heavy atom. The summed E-state index contributed by atoms with van der Waals surface area (Å²) in [6.07, 6.45) is 4.84. The average Bonchev–Trinajstić information content (AvgIpc) is 2.33. The standard InChI is InChI=1S/C15H24NPSi/c1-18(2,3)15(12-16)13-17-11-7-10-14-8-5-4-6-9-14/h4-6,8-9,15,17H,7,10-11,13H2,1-3H3. The molecule has 0 amide bonds. The van der Waals surface area contributed by atoms with E-state index in [2.05, 4.69) is 56.0 Å². The van der Waals surface area contributed by atoms with Crippen molar-refractivity contribution in [1.82, 2.24) is 0 Å². The van der Waals surface area contributed by atoms with E-state index in [1.165, 1.54) is 24.6 Å². The van der Waals surface area contributed by atoms with Crippen LogP contribution in [0.25, 0.3) is 0 Å². The van der Waals surface area contributed by atoms with Gasteiger partial charge in [0, 0.05) is 5.54 Å². The zero-order valence-electron chi connectivity index (χ0n) is 11.7. The van der Waals surface area contributed by atoms with Crippen molar-refractivity contribution in [3.05, 3.63) is 35.9 Å². The van der Waals surface area contributed by atoms with Crippen LogP contribution in [0.2, 0.25) is 25.2 Å². The van der Waals surface area contributed by atoms with Crippen molar-refractivity contribution in [2.24, 2.45) is 0 Å². The summed E-state index contributed by atoms with van der Waals surface area (Å²) in [4.78, 5) is 0. The molecule has 0 saturated carbocycles.